The average molecular weight is 468 g/mol. The van der Waals surface area contributed by atoms with Crippen LogP contribution < -0.4 is 9.62 Å². The van der Waals surface area contributed by atoms with Crippen molar-refractivity contribution >= 4 is 43.9 Å². The molecule has 0 radical (unpaired) electrons. The highest BCUT2D eigenvalue weighted by Gasteiger charge is 2.30. The summed E-state index contributed by atoms with van der Waals surface area (Å²) in [6, 6.07) is 19.4. The molecule has 3 aromatic carbocycles. The first-order valence-electron chi connectivity index (χ1n) is 11.4. The van der Waals surface area contributed by atoms with Crippen molar-refractivity contribution in [3.63, 3.8) is 0 Å². The number of nitrogens with one attached hydrogen (secondary N) is 1. The van der Waals surface area contributed by atoms with Crippen LogP contribution in [0.25, 0.3) is 10.8 Å². The van der Waals surface area contributed by atoms with Crippen LogP contribution in [0.15, 0.2) is 70.5 Å². The Morgan fingerprint density at radius 1 is 0.906 bits per heavy atom. The van der Waals surface area contributed by atoms with E-state index < -0.39 is 10.0 Å². The largest absolute Gasteiger partial charge is 0.385 e. The van der Waals surface area contributed by atoms with Crippen LogP contribution >= 0.6 is 11.8 Å². The third kappa shape index (κ3) is 4.47. The molecule has 1 fully saturated rings. The van der Waals surface area contributed by atoms with E-state index in [1.54, 1.807) is 28.2 Å². The zero-order chi connectivity index (χ0) is 22.0. The molecule has 3 aromatic rings. The van der Waals surface area contributed by atoms with Crippen LogP contribution in [-0.2, 0) is 10.0 Å². The molecular formula is C25H29N3O2S2. The van der Waals surface area contributed by atoms with E-state index in [2.05, 4.69) is 16.3 Å². The maximum absolute atomic E-state index is 13.6. The summed E-state index contributed by atoms with van der Waals surface area (Å²) in [7, 11) is -3.63. The van der Waals surface area contributed by atoms with E-state index in [0.29, 0.717) is 11.4 Å². The monoisotopic (exact) mass is 467 g/mol. The highest BCUT2D eigenvalue weighted by Crippen LogP contribution is 2.39. The first-order valence-corrected chi connectivity index (χ1v) is 13.8. The fourth-order valence-corrected chi connectivity index (χ4v) is 7.21. The maximum atomic E-state index is 13.6. The standard InChI is InChI=1S/C25H29N3O2S2/c29-32(30,23-10-8-20-6-1-2-7-21(20)18-23)28-16-17-31-25-11-9-22(19-24(25)28)26-12-5-15-27-13-3-4-14-27/h1-2,6-11,18-19,26H,3-5,12-17H2. The zero-order valence-corrected chi connectivity index (χ0v) is 19.8. The van der Waals surface area contributed by atoms with Gasteiger partial charge in [-0.3, -0.25) is 4.31 Å². The molecule has 2 aliphatic heterocycles. The fraction of sp³-hybridized carbons (Fsp3) is 0.360. The quantitative estimate of drug-likeness (QED) is 0.494. The SMILES string of the molecule is O=S(=O)(c1ccc2ccccc2c1)N1CCSc2ccc(NCCCN3CCCC3)cc21. The molecule has 0 saturated carbocycles. The number of hydrogen-bond acceptors (Lipinski definition) is 5. The first kappa shape index (κ1) is 21.6. The molecule has 2 heterocycles. The number of hydrogen-bond donors (Lipinski definition) is 1. The molecule has 0 atom stereocenters. The van der Waals surface area contributed by atoms with E-state index in [1.165, 1.54) is 25.9 Å². The van der Waals surface area contributed by atoms with Gasteiger partial charge in [0.15, 0.2) is 0 Å². The Morgan fingerprint density at radius 2 is 1.72 bits per heavy atom. The molecule has 32 heavy (non-hydrogen) atoms. The summed E-state index contributed by atoms with van der Waals surface area (Å²) in [6.07, 6.45) is 3.72. The molecule has 0 aliphatic carbocycles. The molecule has 0 bridgehead atoms. The lowest BCUT2D eigenvalue weighted by molar-refractivity contribution is 0.337. The molecule has 0 unspecified atom stereocenters. The number of likely N-dealkylation sites (tertiary alicyclic amines) is 1. The molecule has 0 amide bonds. The number of nitrogens with zero attached hydrogens (tertiary/aromatic N) is 2. The Hall–Kier alpha value is -2.22. The van der Waals surface area contributed by atoms with Gasteiger partial charge in [-0.25, -0.2) is 8.42 Å². The fourth-order valence-electron chi connectivity index (χ4n) is 4.55. The lowest BCUT2D eigenvalue weighted by atomic mass is 10.1. The van der Waals surface area contributed by atoms with Crippen LogP contribution in [0.3, 0.4) is 0 Å². The summed E-state index contributed by atoms with van der Waals surface area (Å²) >= 11 is 1.72. The van der Waals surface area contributed by atoms with Gasteiger partial charge in [-0.05, 0) is 80.0 Å². The van der Waals surface area contributed by atoms with E-state index in [-0.39, 0.29) is 0 Å². The number of fused-ring (bicyclic) bond motifs is 2. The molecule has 168 valence electrons. The molecule has 2 aliphatic rings. The van der Waals surface area contributed by atoms with Gasteiger partial charge in [-0.1, -0.05) is 30.3 Å². The van der Waals surface area contributed by atoms with Gasteiger partial charge in [0.2, 0.25) is 0 Å². The molecule has 1 N–H and O–H groups in total. The van der Waals surface area contributed by atoms with Crippen LogP contribution in [0.4, 0.5) is 11.4 Å². The molecule has 1 saturated heterocycles. The van der Waals surface area contributed by atoms with E-state index in [4.69, 9.17) is 0 Å². The van der Waals surface area contributed by atoms with Crippen molar-refractivity contribution in [1.29, 1.82) is 0 Å². The Morgan fingerprint density at radius 3 is 2.56 bits per heavy atom. The van der Waals surface area contributed by atoms with Crippen LogP contribution in [-0.4, -0.2) is 51.8 Å². The number of thioether (sulfide) groups is 1. The zero-order valence-electron chi connectivity index (χ0n) is 18.2. The topological polar surface area (TPSA) is 52.7 Å². The second-order valence-corrected chi connectivity index (χ2v) is 11.4. The van der Waals surface area contributed by atoms with Crippen LogP contribution in [0, 0.1) is 0 Å². The van der Waals surface area contributed by atoms with Crippen molar-refractivity contribution in [2.24, 2.45) is 0 Å². The van der Waals surface area contributed by atoms with Crippen LogP contribution in [0.1, 0.15) is 19.3 Å². The van der Waals surface area contributed by atoms with Crippen LogP contribution in [0.5, 0.6) is 0 Å². The van der Waals surface area contributed by atoms with Crippen molar-refractivity contribution in [2.45, 2.75) is 29.1 Å². The second-order valence-electron chi connectivity index (χ2n) is 8.45. The Kier molecular flexibility index (Phi) is 6.31. The van der Waals surface area contributed by atoms with Gasteiger partial charge in [-0.15, -0.1) is 11.8 Å². The van der Waals surface area contributed by atoms with E-state index in [0.717, 1.165) is 52.3 Å². The van der Waals surface area contributed by atoms with Gasteiger partial charge in [0.1, 0.15) is 0 Å². The first-order chi connectivity index (χ1) is 15.6. The minimum Gasteiger partial charge on any atom is -0.385 e. The Balaban J connectivity index is 1.35. The summed E-state index contributed by atoms with van der Waals surface area (Å²) in [5.41, 5.74) is 1.75. The third-order valence-electron chi connectivity index (χ3n) is 6.27. The Bertz CT molecular complexity index is 1210. The van der Waals surface area contributed by atoms with Crippen molar-refractivity contribution in [3.05, 3.63) is 60.7 Å². The number of rotatable bonds is 7. The second kappa shape index (κ2) is 9.33. The lowest BCUT2D eigenvalue weighted by Crippen LogP contribution is -2.35. The maximum Gasteiger partial charge on any atom is 0.264 e. The van der Waals surface area contributed by atoms with Gasteiger partial charge < -0.3 is 10.2 Å². The summed E-state index contributed by atoms with van der Waals surface area (Å²) in [4.78, 5) is 3.88. The molecule has 7 heteroatoms. The minimum atomic E-state index is -3.63. The van der Waals surface area contributed by atoms with Gasteiger partial charge in [0.25, 0.3) is 10.0 Å². The van der Waals surface area contributed by atoms with E-state index in [1.807, 2.05) is 42.5 Å². The number of sulfonamides is 1. The van der Waals surface area contributed by atoms with Gasteiger partial charge in [-0.2, -0.15) is 0 Å². The lowest BCUT2D eigenvalue weighted by Gasteiger charge is -2.30. The number of benzene rings is 3. The molecular weight excluding hydrogens is 438 g/mol. The van der Waals surface area contributed by atoms with Crippen molar-refractivity contribution in [1.82, 2.24) is 4.90 Å². The average Bonchev–Trinajstić information content (AvgIpc) is 3.34. The van der Waals surface area contributed by atoms with Gasteiger partial charge in [0, 0.05) is 29.4 Å². The predicted octanol–water partition coefficient (Wildman–Crippen LogP) is 5.04. The highest BCUT2D eigenvalue weighted by atomic mass is 32.2. The summed E-state index contributed by atoms with van der Waals surface area (Å²) in [5.74, 6) is 0.752. The normalized spacial score (nSPS) is 16.9. The number of anilines is 2. The van der Waals surface area contributed by atoms with Gasteiger partial charge >= 0.3 is 0 Å². The van der Waals surface area contributed by atoms with Crippen molar-refractivity contribution < 1.29 is 8.42 Å². The van der Waals surface area contributed by atoms with E-state index in [9.17, 15) is 8.42 Å². The molecule has 0 aromatic heterocycles. The highest BCUT2D eigenvalue weighted by molar-refractivity contribution is 8.00. The van der Waals surface area contributed by atoms with Crippen LogP contribution in [0.2, 0.25) is 0 Å². The predicted molar refractivity (Wildman–Crippen MR) is 134 cm³/mol. The van der Waals surface area contributed by atoms with Crippen molar-refractivity contribution in [3.8, 4) is 0 Å². The molecule has 0 spiro atoms. The minimum absolute atomic E-state index is 0.345. The van der Waals surface area contributed by atoms with Crippen molar-refractivity contribution in [2.75, 3.05) is 48.1 Å². The smallest absolute Gasteiger partial charge is 0.264 e. The third-order valence-corrected chi connectivity index (χ3v) is 9.12. The molecule has 5 rings (SSSR count). The van der Waals surface area contributed by atoms with E-state index >= 15 is 0 Å². The molecule has 5 nitrogen and oxygen atoms in total. The summed E-state index contributed by atoms with van der Waals surface area (Å²) in [5, 5.41) is 5.48. The summed E-state index contributed by atoms with van der Waals surface area (Å²) in [6.45, 7) is 4.93. The summed E-state index contributed by atoms with van der Waals surface area (Å²) < 4.78 is 28.8. The van der Waals surface area contributed by atoms with Gasteiger partial charge in [0.05, 0.1) is 10.6 Å². The Labute approximate surface area is 194 Å².